The van der Waals surface area contributed by atoms with Crippen LogP contribution in [0.4, 0.5) is 5.82 Å². The number of carbonyl (C=O) groups is 1. The number of H-pyrrole nitrogens is 1. The summed E-state index contributed by atoms with van der Waals surface area (Å²) in [5.74, 6) is 1.07. The summed E-state index contributed by atoms with van der Waals surface area (Å²) in [5.41, 5.74) is 2.69. The van der Waals surface area contributed by atoms with E-state index in [1.54, 1.807) is 15.7 Å². The Bertz CT molecular complexity index is 1860. The van der Waals surface area contributed by atoms with E-state index in [2.05, 4.69) is 40.2 Å². The molecule has 2 aliphatic rings. The van der Waals surface area contributed by atoms with Gasteiger partial charge in [0.05, 0.1) is 16.9 Å². The van der Waals surface area contributed by atoms with Crippen LogP contribution >= 0.6 is 0 Å². The topological polar surface area (TPSA) is 104 Å². The lowest BCUT2D eigenvalue weighted by Gasteiger charge is -2.41. The first-order valence-corrected chi connectivity index (χ1v) is 15.0. The molecule has 4 aromatic rings. The van der Waals surface area contributed by atoms with Crippen LogP contribution in [-0.2, 0) is 4.79 Å². The van der Waals surface area contributed by atoms with Crippen LogP contribution in [0.15, 0.2) is 58.8 Å². The van der Waals surface area contributed by atoms with Gasteiger partial charge in [0.25, 0.3) is 5.56 Å². The number of aromatic amines is 1. The number of nitrogens with one attached hydrogen (secondary N) is 1. The van der Waals surface area contributed by atoms with E-state index in [4.69, 9.17) is 4.74 Å². The average Bonchev–Trinajstić information content (AvgIpc) is 3.01. The average molecular weight is 583 g/mol. The summed E-state index contributed by atoms with van der Waals surface area (Å²) in [6, 6.07) is 9.54. The summed E-state index contributed by atoms with van der Waals surface area (Å²) in [6.45, 7) is 16.1. The zero-order valence-corrected chi connectivity index (χ0v) is 25.2. The molecule has 2 aliphatic heterocycles. The van der Waals surface area contributed by atoms with Gasteiger partial charge in [-0.1, -0.05) is 32.6 Å². The largest absolute Gasteiger partial charge is 0.488 e. The van der Waals surface area contributed by atoms with E-state index in [-0.39, 0.29) is 29.2 Å². The zero-order chi connectivity index (χ0) is 30.4. The summed E-state index contributed by atoms with van der Waals surface area (Å²) in [4.78, 5) is 53.2. The van der Waals surface area contributed by atoms with E-state index < -0.39 is 0 Å². The van der Waals surface area contributed by atoms with Gasteiger partial charge in [0.1, 0.15) is 12.4 Å². The third-order valence-corrected chi connectivity index (χ3v) is 8.97. The first-order valence-electron chi connectivity index (χ1n) is 15.0. The van der Waals surface area contributed by atoms with Crippen molar-refractivity contribution in [1.29, 1.82) is 0 Å². The van der Waals surface area contributed by atoms with Gasteiger partial charge in [-0.2, -0.15) is 4.98 Å². The summed E-state index contributed by atoms with van der Waals surface area (Å²) in [6.07, 6.45) is 2.99. The molecule has 1 fully saturated rings. The third-order valence-electron chi connectivity index (χ3n) is 8.97. The normalized spacial score (nSPS) is 18.3. The van der Waals surface area contributed by atoms with Crippen LogP contribution < -0.4 is 20.9 Å². The molecular formula is C33H38N6O4. The van der Waals surface area contributed by atoms with Gasteiger partial charge in [-0.25, -0.2) is 4.79 Å². The Hall–Kier alpha value is -4.44. The number of nitrogens with zero attached hydrogens (tertiary/aromatic N) is 5. The molecule has 2 aromatic heterocycles. The molecule has 2 atom stereocenters. The van der Waals surface area contributed by atoms with Crippen LogP contribution in [0.25, 0.3) is 32.8 Å². The molecule has 2 aromatic carbocycles. The van der Waals surface area contributed by atoms with Crippen molar-refractivity contribution >= 4 is 33.4 Å². The Balaban J connectivity index is 1.60. The molecule has 6 rings (SSSR count). The summed E-state index contributed by atoms with van der Waals surface area (Å²) in [5, 5.41) is 2.23. The molecule has 1 saturated heterocycles. The number of anilines is 1. The van der Waals surface area contributed by atoms with Crippen molar-refractivity contribution in [2.75, 3.05) is 50.8 Å². The standard InChI is InChI=1S/C33H38N6O4/c1-6-26(40)37-15-16-38(21(5)17-37)31-25-12-11-24(27-20(4)9-10-22-13-14-34-32(41)28(22)27)30-29(25)39(33(42)35-31)23(19-43-30)18-36(7-2)8-3/h6,9-14,21,23H,1,7-8,15-19H2,2-5H3,(H,34,41)/t21-,23?/m0/s1. The number of piperazine rings is 1. The highest BCUT2D eigenvalue weighted by atomic mass is 16.5. The van der Waals surface area contributed by atoms with Crippen molar-refractivity contribution in [3.8, 4) is 16.9 Å². The number of aromatic nitrogens is 3. The minimum atomic E-state index is -0.328. The first kappa shape index (κ1) is 28.7. The Morgan fingerprint density at radius 1 is 1.16 bits per heavy atom. The van der Waals surface area contributed by atoms with Gasteiger partial charge < -0.3 is 24.4 Å². The summed E-state index contributed by atoms with van der Waals surface area (Å²) < 4.78 is 8.40. The zero-order valence-electron chi connectivity index (χ0n) is 25.2. The lowest BCUT2D eigenvalue weighted by Crippen LogP contribution is -2.54. The molecule has 0 saturated carbocycles. The fourth-order valence-corrected chi connectivity index (χ4v) is 6.69. The summed E-state index contributed by atoms with van der Waals surface area (Å²) >= 11 is 0. The number of ether oxygens (including phenoxy) is 1. The van der Waals surface area contributed by atoms with Gasteiger partial charge in [0, 0.05) is 54.9 Å². The quantitative estimate of drug-likeness (QED) is 0.332. The number of likely N-dealkylation sites (N-methyl/N-ethyl adjacent to an activating group) is 1. The Morgan fingerprint density at radius 3 is 2.67 bits per heavy atom. The first-order chi connectivity index (χ1) is 20.8. The fraction of sp³-hybridized carbons (Fsp3) is 0.394. The predicted octanol–water partition coefficient (Wildman–Crippen LogP) is 3.71. The summed E-state index contributed by atoms with van der Waals surface area (Å²) in [7, 11) is 0. The molecule has 0 bridgehead atoms. The molecule has 1 unspecified atom stereocenters. The Morgan fingerprint density at radius 2 is 1.95 bits per heavy atom. The second kappa shape index (κ2) is 11.3. The van der Waals surface area contributed by atoms with Crippen molar-refractivity contribution in [2.45, 2.75) is 39.8 Å². The lowest BCUT2D eigenvalue weighted by atomic mass is 9.92. The van der Waals surface area contributed by atoms with Gasteiger partial charge in [-0.05, 0) is 62.2 Å². The molecule has 43 heavy (non-hydrogen) atoms. The molecule has 4 heterocycles. The fourth-order valence-electron chi connectivity index (χ4n) is 6.69. The second-order valence-corrected chi connectivity index (χ2v) is 11.4. The van der Waals surface area contributed by atoms with E-state index in [0.29, 0.717) is 55.3 Å². The number of carbonyl (C=O) groups excluding carboxylic acids is 1. The van der Waals surface area contributed by atoms with Crippen molar-refractivity contribution < 1.29 is 9.53 Å². The van der Waals surface area contributed by atoms with Crippen LogP contribution in [0.5, 0.6) is 5.75 Å². The van der Waals surface area contributed by atoms with Crippen molar-refractivity contribution in [3.63, 3.8) is 0 Å². The van der Waals surface area contributed by atoms with E-state index in [9.17, 15) is 14.4 Å². The van der Waals surface area contributed by atoms with E-state index in [1.807, 2.05) is 44.2 Å². The SMILES string of the molecule is C=CC(=O)N1CCN(c2nc(=O)n3c4c(c(-c5c(C)ccc6cc[nH]c(=O)c56)ccc24)OCC3CN(CC)CC)[C@@H](C)C1. The molecule has 10 nitrogen and oxygen atoms in total. The number of rotatable bonds is 7. The molecule has 224 valence electrons. The Labute approximate surface area is 250 Å². The number of hydrogen-bond donors (Lipinski definition) is 1. The number of benzene rings is 2. The van der Waals surface area contributed by atoms with Gasteiger partial charge >= 0.3 is 5.69 Å². The maximum Gasteiger partial charge on any atom is 0.350 e. The lowest BCUT2D eigenvalue weighted by molar-refractivity contribution is -0.126. The van der Waals surface area contributed by atoms with Crippen LogP contribution in [0, 0.1) is 6.92 Å². The number of aryl methyl sites for hydroxylation is 1. The van der Waals surface area contributed by atoms with Crippen molar-refractivity contribution in [3.05, 3.63) is 75.6 Å². The highest BCUT2D eigenvalue weighted by Gasteiger charge is 2.34. The van der Waals surface area contributed by atoms with E-state index in [1.165, 1.54) is 6.08 Å². The Kier molecular flexibility index (Phi) is 7.56. The molecule has 1 amide bonds. The second-order valence-electron chi connectivity index (χ2n) is 11.4. The van der Waals surface area contributed by atoms with Crippen LogP contribution in [-0.4, -0.2) is 82.2 Å². The maximum atomic E-state index is 14.0. The molecular weight excluding hydrogens is 544 g/mol. The minimum Gasteiger partial charge on any atom is -0.488 e. The number of fused-ring (bicyclic) bond motifs is 1. The molecule has 0 radical (unpaired) electrons. The maximum absolute atomic E-state index is 14.0. The smallest absolute Gasteiger partial charge is 0.350 e. The molecule has 10 heteroatoms. The molecule has 0 aliphatic carbocycles. The minimum absolute atomic E-state index is 0.0686. The number of pyridine rings is 1. The van der Waals surface area contributed by atoms with Crippen LogP contribution in [0.1, 0.15) is 32.4 Å². The number of hydrogen-bond acceptors (Lipinski definition) is 7. The van der Waals surface area contributed by atoms with E-state index in [0.717, 1.165) is 40.6 Å². The highest BCUT2D eigenvalue weighted by molar-refractivity contribution is 6.05. The van der Waals surface area contributed by atoms with Gasteiger partial charge in [0.15, 0.2) is 5.75 Å². The van der Waals surface area contributed by atoms with Crippen molar-refractivity contribution in [1.82, 2.24) is 24.3 Å². The van der Waals surface area contributed by atoms with Gasteiger partial charge in [-0.15, -0.1) is 0 Å². The predicted molar refractivity (Wildman–Crippen MR) is 170 cm³/mol. The van der Waals surface area contributed by atoms with Crippen LogP contribution in [0.2, 0.25) is 0 Å². The monoisotopic (exact) mass is 582 g/mol. The van der Waals surface area contributed by atoms with E-state index >= 15 is 0 Å². The third kappa shape index (κ3) is 4.79. The van der Waals surface area contributed by atoms with Crippen LogP contribution in [0.3, 0.4) is 0 Å². The molecule has 0 spiro atoms. The highest BCUT2D eigenvalue weighted by Crippen LogP contribution is 2.44. The van der Waals surface area contributed by atoms with Gasteiger partial charge in [-0.3, -0.25) is 14.2 Å². The number of amides is 1. The van der Waals surface area contributed by atoms with Crippen molar-refractivity contribution in [2.24, 2.45) is 0 Å². The van der Waals surface area contributed by atoms with Gasteiger partial charge in [0.2, 0.25) is 5.91 Å². The molecule has 1 N–H and O–H groups in total.